The summed E-state index contributed by atoms with van der Waals surface area (Å²) in [5, 5.41) is 24.6. The minimum atomic E-state index is -1.04. The summed E-state index contributed by atoms with van der Waals surface area (Å²) >= 11 is 0. The number of carbonyl (C=O) groups excluding carboxylic acids is 1. The van der Waals surface area contributed by atoms with Gasteiger partial charge >= 0.3 is 0 Å². The third kappa shape index (κ3) is 6.28. The highest BCUT2D eigenvalue weighted by Gasteiger charge is 2.45. The van der Waals surface area contributed by atoms with Gasteiger partial charge in [-0.05, 0) is 84.6 Å². The van der Waals surface area contributed by atoms with E-state index in [1.54, 1.807) is 21.3 Å². The quantitative estimate of drug-likeness (QED) is 0.222. The molecule has 6 bridgehead atoms. The maximum atomic E-state index is 12.8. The summed E-state index contributed by atoms with van der Waals surface area (Å²) < 4.78 is 31.0. The van der Waals surface area contributed by atoms with Crippen LogP contribution in [0.15, 0.2) is 60.7 Å². The second-order valence-electron chi connectivity index (χ2n) is 14.5. The van der Waals surface area contributed by atoms with Gasteiger partial charge in [0.2, 0.25) is 5.75 Å². The number of likely N-dealkylation sites (N-methyl/N-ethyl adjacent to an activating group) is 2. The highest BCUT2D eigenvalue weighted by molar-refractivity contribution is 5.70. The predicted octanol–water partition coefficient (Wildman–Crippen LogP) is 6.29. The Hall–Kier alpha value is -4.93. The Kier molecular flexibility index (Phi) is 9.71. The number of hydrogen-bond donors (Lipinski definition) is 1. The zero-order valence-electron chi connectivity index (χ0n) is 30.9. The first-order chi connectivity index (χ1) is 25.1. The van der Waals surface area contributed by atoms with Gasteiger partial charge in [-0.15, -0.1) is 0 Å². The highest BCUT2D eigenvalue weighted by Crippen LogP contribution is 2.52. The number of aliphatic carboxylic acids is 1. The van der Waals surface area contributed by atoms with E-state index in [-0.39, 0.29) is 22.3 Å². The molecule has 0 saturated carbocycles. The molecule has 4 aromatic carbocycles. The molecule has 1 N–H and O–H groups in total. The van der Waals surface area contributed by atoms with Crippen molar-refractivity contribution in [3.63, 3.8) is 0 Å². The molecule has 8 rings (SSSR count). The average Bonchev–Trinajstić information content (AvgIpc) is 3.14. The number of phenols is 1. The van der Waals surface area contributed by atoms with Crippen molar-refractivity contribution in [3.8, 4) is 46.0 Å². The SMILES string of the molecule is CCCC(C(=O)[O-])[N+]1(C)CCc2cc(OC)c3cc2C1Cc1ccc(cc1)Oc1cc(ccc1OC)CC1c2c(cc(OC)c(O)c2O3)CCN1C. The molecule has 4 heterocycles. The number of fused-ring (bicyclic) bond motifs is 2. The van der Waals surface area contributed by atoms with E-state index in [4.69, 9.17) is 23.7 Å². The standard InChI is InChI=1S/C42H48N2O8/c1-7-8-32(42(46)47)44(3)18-16-27-22-35(49-5)37-24-30(27)33(44)20-25-9-12-29(13-10-25)51-36-21-26(11-14-34(36)48-4)19-31-39-28(15-17-43(31)2)23-38(50-6)40(45)41(39)52-37/h9-14,21-24,31-33H,7-8,15-20H2,1-6H3,(H-,45,46,47). The molecule has 4 aliphatic heterocycles. The second-order valence-corrected chi connectivity index (χ2v) is 14.5. The Morgan fingerprint density at radius 1 is 0.904 bits per heavy atom. The highest BCUT2D eigenvalue weighted by atomic mass is 16.5. The first-order valence-corrected chi connectivity index (χ1v) is 18.1. The third-order valence-corrected chi connectivity index (χ3v) is 11.5. The van der Waals surface area contributed by atoms with E-state index in [0.29, 0.717) is 72.5 Å². The van der Waals surface area contributed by atoms with Gasteiger partial charge in [0.1, 0.15) is 17.8 Å². The number of nitrogens with zero attached hydrogens (tertiary/aromatic N) is 2. The maximum Gasteiger partial charge on any atom is 0.201 e. The normalized spacial score (nSPS) is 21.4. The number of rotatable bonds is 7. The fourth-order valence-corrected chi connectivity index (χ4v) is 8.59. The molecular formula is C42H48N2O8. The summed E-state index contributed by atoms with van der Waals surface area (Å²) in [4.78, 5) is 15.1. The van der Waals surface area contributed by atoms with Crippen LogP contribution in [-0.4, -0.2) is 75.0 Å². The second kappa shape index (κ2) is 14.2. The van der Waals surface area contributed by atoms with Gasteiger partial charge in [0.25, 0.3) is 0 Å². The van der Waals surface area contributed by atoms with Gasteiger partial charge < -0.3 is 43.2 Å². The number of aromatic hydroxyl groups is 1. The molecule has 4 aromatic rings. The van der Waals surface area contributed by atoms with Gasteiger partial charge in [0.05, 0.1) is 40.9 Å². The van der Waals surface area contributed by atoms with Gasteiger partial charge in [-0.1, -0.05) is 31.5 Å². The molecule has 4 atom stereocenters. The summed E-state index contributed by atoms with van der Waals surface area (Å²) in [6.07, 6.45) is 3.78. The topological polar surface area (TPSA) is 110 Å². The minimum absolute atomic E-state index is 0.0915. The molecule has 0 fully saturated rings. The number of hydrogen-bond acceptors (Lipinski definition) is 9. The van der Waals surface area contributed by atoms with Crippen LogP contribution in [0.1, 0.15) is 65.2 Å². The Balaban J connectivity index is 1.48. The van der Waals surface area contributed by atoms with Gasteiger partial charge in [-0.2, -0.15) is 0 Å². The van der Waals surface area contributed by atoms with Gasteiger partial charge in [-0.3, -0.25) is 4.90 Å². The van der Waals surface area contributed by atoms with Crippen molar-refractivity contribution < 1.29 is 43.2 Å². The van der Waals surface area contributed by atoms with Crippen LogP contribution in [0.2, 0.25) is 0 Å². The van der Waals surface area contributed by atoms with Gasteiger partial charge in [0.15, 0.2) is 34.5 Å². The first-order valence-electron chi connectivity index (χ1n) is 18.1. The first kappa shape index (κ1) is 35.5. The smallest absolute Gasteiger partial charge is 0.201 e. The lowest BCUT2D eigenvalue weighted by Crippen LogP contribution is -2.63. The van der Waals surface area contributed by atoms with Crippen LogP contribution >= 0.6 is 0 Å². The lowest BCUT2D eigenvalue weighted by atomic mass is 9.84. The fraction of sp³-hybridized carbons (Fsp3) is 0.405. The van der Waals surface area contributed by atoms with E-state index in [2.05, 4.69) is 11.9 Å². The Bertz CT molecular complexity index is 1980. The van der Waals surface area contributed by atoms with Crippen LogP contribution in [0, 0.1) is 0 Å². The van der Waals surface area contributed by atoms with Crippen LogP contribution in [0.5, 0.6) is 46.0 Å². The summed E-state index contributed by atoms with van der Waals surface area (Å²) in [7, 11) is 8.91. The zero-order chi connectivity index (χ0) is 36.7. The average molecular weight is 709 g/mol. The fourth-order valence-electron chi connectivity index (χ4n) is 8.59. The molecule has 4 unspecified atom stereocenters. The lowest BCUT2D eigenvalue weighted by Gasteiger charge is -2.51. The van der Waals surface area contributed by atoms with E-state index in [1.807, 2.05) is 74.6 Å². The summed E-state index contributed by atoms with van der Waals surface area (Å²) in [5.74, 6) is 2.36. The number of methoxy groups -OCH3 is 3. The van der Waals surface area contributed by atoms with E-state index in [1.165, 1.54) is 0 Å². The molecule has 274 valence electrons. The van der Waals surface area contributed by atoms with Crippen LogP contribution in [0.3, 0.4) is 0 Å². The van der Waals surface area contributed by atoms with Crippen molar-refractivity contribution in [2.45, 2.75) is 63.6 Å². The van der Waals surface area contributed by atoms with E-state index >= 15 is 0 Å². The molecule has 4 aliphatic rings. The third-order valence-electron chi connectivity index (χ3n) is 11.5. The Morgan fingerprint density at radius 2 is 1.60 bits per heavy atom. The molecule has 0 spiro atoms. The predicted molar refractivity (Wildman–Crippen MR) is 195 cm³/mol. The summed E-state index contributed by atoms with van der Waals surface area (Å²) in [5.41, 5.74) is 6.03. The molecule has 10 heteroatoms. The van der Waals surface area contributed by atoms with Gasteiger partial charge in [-0.25, -0.2) is 0 Å². The number of benzene rings is 4. The lowest BCUT2D eigenvalue weighted by molar-refractivity contribution is -0.958. The molecule has 52 heavy (non-hydrogen) atoms. The van der Waals surface area contributed by atoms with Crippen LogP contribution in [-0.2, 0) is 30.5 Å². The van der Waals surface area contributed by atoms with Crippen LogP contribution in [0.25, 0.3) is 0 Å². The van der Waals surface area contributed by atoms with E-state index in [0.717, 1.165) is 52.8 Å². The summed E-state index contributed by atoms with van der Waals surface area (Å²) in [6, 6.07) is 18.8. The maximum absolute atomic E-state index is 12.8. The number of carboxylic acid groups (broad SMARTS) is 1. The van der Waals surface area contributed by atoms with Crippen molar-refractivity contribution in [1.82, 2.24) is 4.90 Å². The molecule has 0 radical (unpaired) electrons. The van der Waals surface area contributed by atoms with Crippen LogP contribution < -0.4 is 28.8 Å². The van der Waals surface area contributed by atoms with Crippen molar-refractivity contribution in [3.05, 3.63) is 94.0 Å². The number of phenolic OH excluding ortho intramolecular Hbond substituents is 1. The number of carbonyl (C=O) groups is 1. The number of carboxylic acids is 1. The monoisotopic (exact) mass is 708 g/mol. The van der Waals surface area contributed by atoms with E-state index < -0.39 is 12.0 Å². The molecular weight excluding hydrogens is 660 g/mol. The Labute approximate surface area is 305 Å². The Morgan fingerprint density at radius 3 is 2.29 bits per heavy atom. The molecule has 10 nitrogen and oxygen atoms in total. The van der Waals surface area contributed by atoms with E-state index in [9.17, 15) is 15.0 Å². The molecule has 0 amide bonds. The summed E-state index contributed by atoms with van der Waals surface area (Å²) in [6.45, 7) is 3.43. The molecule has 0 saturated heterocycles. The van der Waals surface area contributed by atoms with Crippen molar-refractivity contribution in [2.75, 3.05) is 48.5 Å². The number of quaternary nitrogens is 1. The number of ether oxygens (including phenoxy) is 5. The van der Waals surface area contributed by atoms with Gasteiger partial charge in [0, 0.05) is 43.0 Å². The largest absolute Gasteiger partial charge is 0.544 e. The zero-order valence-corrected chi connectivity index (χ0v) is 30.9. The van der Waals surface area contributed by atoms with Crippen molar-refractivity contribution in [1.29, 1.82) is 0 Å². The van der Waals surface area contributed by atoms with Crippen molar-refractivity contribution in [2.24, 2.45) is 0 Å². The minimum Gasteiger partial charge on any atom is -0.544 e. The molecule has 0 aliphatic carbocycles. The van der Waals surface area contributed by atoms with Crippen molar-refractivity contribution >= 4 is 5.97 Å². The van der Waals surface area contributed by atoms with Crippen LogP contribution in [0.4, 0.5) is 0 Å². The molecule has 0 aromatic heterocycles.